The Bertz CT molecular complexity index is 589. The summed E-state index contributed by atoms with van der Waals surface area (Å²) in [5, 5.41) is 0. The number of sulfonamides is 1. The van der Waals surface area contributed by atoms with Crippen molar-refractivity contribution in [1.29, 1.82) is 0 Å². The fourth-order valence-corrected chi connectivity index (χ4v) is 2.43. The molecule has 0 heterocycles. The molecule has 6 nitrogen and oxygen atoms in total. The molecule has 4 N–H and O–H groups in total. The lowest BCUT2D eigenvalue weighted by Crippen LogP contribution is -2.35. The van der Waals surface area contributed by atoms with E-state index in [1.54, 1.807) is 0 Å². The van der Waals surface area contributed by atoms with Crippen LogP contribution in [0.15, 0.2) is 17.0 Å². The van der Waals surface area contributed by atoms with Crippen molar-refractivity contribution in [3.8, 4) is 0 Å². The molecule has 1 amide bonds. The maximum absolute atomic E-state index is 13.6. The van der Waals surface area contributed by atoms with Crippen LogP contribution in [-0.4, -0.2) is 32.2 Å². The van der Waals surface area contributed by atoms with Crippen LogP contribution in [0.2, 0.25) is 0 Å². The molecule has 0 saturated heterocycles. The number of nitrogen functional groups attached to an aromatic ring is 1. The van der Waals surface area contributed by atoms with E-state index in [-0.39, 0.29) is 0 Å². The SMILES string of the molecule is CN(CC(N)=O)S(=O)(=O)c1ccc(F)c(N)c1F. The topological polar surface area (TPSA) is 106 Å². The largest absolute Gasteiger partial charge is 0.394 e. The van der Waals surface area contributed by atoms with Crippen molar-refractivity contribution in [2.75, 3.05) is 19.3 Å². The molecular formula is C9H11F2N3O3S. The summed E-state index contributed by atoms with van der Waals surface area (Å²) in [4.78, 5) is 9.82. The Morgan fingerprint density at radius 3 is 2.44 bits per heavy atom. The number of likely N-dealkylation sites (N-methyl/N-ethyl adjacent to an activating group) is 1. The van der Waals surface area contributed by atoms with Crippen molar-refractivity contribution in [1.82, 2.24) is 4.31 Å². The number of benzene rings is 1. The van der Waals surface area contributed by atoms with Gasteiger partial charge in [0.15, 0.2) is 5.82 Å². The van der Waals surface area contributed by atoms with E-state index in [0.717, 1.165) is 19.2 Å². The number of halogens is 2. The van der Waals surface area contributed by atoms with Gasteiger partial charge < -0.3 is 11.5 Å². The molecule has 100 valence electrons. The quantitative estimate of drug-likeness (QED) is 0.735. The van der Waals surface area contributed by atoms with Gasteiger partial charge in [-0.3, -0.25) is 4.79 Å². The number of carbonyl (C=O) groups excluding carboxylic acids is 1. The van der Waals surface area contributed by atoms with Gasteiger partial charge in [-0.15, -0.1) is 0 Å². The third-order valence-corrected chi connectivity index (χ3v) is 3.98. The lowest BCUT2D eigenvalue weighted by atomic mass is 10.3. The molecule has 0 aliphatic heterocycles. The third kappa shape index (κ3) is 2.57. The highest BCUT2D eigenvalue weighted by Gasteiger charge is 2.27. The Labute approximate surface area is 102 Å². The number of hydrogen-bond donors (Lipinski definition) is 2. The van der Waals surface area contributed by atoms with Crippen molar-refractivity contribution in [3.05, 3.63) is 23.8 Å². The van der Waals surface area contributed by atoms with Crippen molar-refractivity contribution < 1.29 is 22.0 Å². The molecule has 0 aliphatic rings. The molecule has 0 radical (unpaired) electrons. The lowest BCUT2D eigenvalue weighted by Gasteiger charge is -2.16. The maximum Gasteiger partial charge on any atom is 0.246 e. The number of hydrogen-bond acceptors (Lipinski definition) is 4. The van der Waals surface area contributed by atoms with E-state index in [1.165, 1.54) is 0 Å². The fourth-order valence-electron chi connectivity index (χ4n) is 1.22. The van der Waals surface area contributed by atoms with Crippen molar-refractivity contribution in [3.63, 3.8) is 0 Å². The number of primary amides is 1. The van der Waals surface area contributed by atoms with Crippen LogP contribution in [0.1, 0.15) is 0 Å². The van der Waals surface area contributed by atoms with Crippen LogP contribution in [0.4, 0.5) is 14.5 Å². The van der Waals surface area contributed by atoms with Crippen LogP contribution in [0.25, 0.3) is 0 Å². The van der Waals surface area contributed by atoms with Gasteiger partial charge in [-0.2, -0.15) is 4.31 Å². The van der Waals surface area contributed by atoms with Crippen molar-refractivity contribution >= 4 is 21.6 Å². The summed E-state index contributed by atoms with van der Waals surface area (Å²) in [6.07, 6.45) is 0. The highest BCUT2D eigenvalue weighted by Crippen LogP contribution is 2.24. The number of nitrogens with two attached hydrogens (primary N) is 2. The summed E-state index contributed by atoms with van der Waals surface area (Å²) in [6, 6.07) is 1.46. The van der Waals surface area contributed by atoms with Crippen LogP contribution in [0.3, 0.4) is 0 Å². The summed E-state index contributed by atoms with van der Waals surface area (Å²) in [5.74, 6) is -3.37. The van der Waals surface area contributed by atoms with E-state index in [0.29, 0.717) is 4.31 Å². The van der Waals surface area contributed by atoms with E-state index >= 15 is 0 Å². The zero-order chi connectivity index (χ0) is 14.1. The first kappa shape index (κ1) is 14.3. The van der Waals surface area contributed by atoms with E-state index in [9.17, 15) is 22.0 Å². The predicted octanol–water partition coefficient (Wildman–Crippen LogP) is -0.347. The van der Waals surface area contributed by atoms with E-state index in [4.69, 9.17) is 11.5 Å². The van der Waals surface area contributed by atoms with Gasteiger partial charge in [-0.05, 0) is 12.1 Å². The van der Waals surface area contributed by atoms with Crippen molar-refractivity contribution in [2.24, 2.45) is 5.73 Å². The van der Waals surface area contributed by atoms with Gasteiger partial charge >= 0.3 is 0 Å². The Morgan fingerprint density at radius 2 is 1.94 bits per heavy atom. The second-order valence-electron chi connectivity index (χ2n) is 3.50. The van der Waals surface area contributed by atoms with Gasteiger partial charge in [0.1, 0.15) is 16.4 Å². The molecule has 0 spiro atoms. The minimum absolute atomic E-state index is 0.547. The molecule has 9 heteroatoms. The molecule has 0 atom stereocenters. The van der Waals surface area contributed by atoms with E-state index in [2.05, 4.69) is 0 Å². The molecule has 1 aromatic rings. The van der Waals surface area contributed by atoms with Gasteiger partial charge in [-0.25, -0.2) is 17.2 Å². The zero-order valence-corrected chi connectivity index (χ0v) is 10.2. The minimum atomic E-state index is -4.29. The summed E-state index contributed by atoms with van der Waals surface area (Å²) in [7, 11) is -3.25. The lowest BCUT2D eigenvalue weighted by molar-refractivity contribution is -0.118. The number of anilines is 1. The average molecular weight is 279 g/mol. The predicted molar refractivity (Wildman–Crippen MR) is 59.8 cm³/mol. The molecule has 0 aliphatic carbocycles. The minimum Gasteiger partial charge on any atom is -0.394 e. The van der Waals surface area contributed by atoms with Gasteiger partial charge in [0.2, 0.25) is 15.9 Å². The highest BCUT2D eigenvalue weighted by molar-refractivity contribution is 7.89. The van der Waals surface area contributed by atoms with Crippen LogP contribution in [0.5, 0.6) is 0 Å². The summed E-state index contributed by atoms with van der Waals surface area (Å²) in [5.41, 5.74) is 8.99. The molecule has 0 saturated carbocycles. The number of nitrogens with zero attached hydrogens (tertiary/aromatic N) is 1. The van der Waals surface area contributed by atoms with Crippen LogP contribution >= 0.6 is 0 Å². The average Bonchev–Trinajstić information content (AvgIpc) is 2.24. The maximum atomic E-state index is 13.6. The van der Waals surface area contributed by atoms with E-state index < -0.39 is 44.7 Å². The Hall–Kier alpha value is -1.74. The first-order valence-electron chi connectivity index (χ1n) is 4.66. The molecule has 18 heavy (non-hydrogen) atoms. The van der Waals surface area contributed by atoms with Gasteiger partial charge in [0, 0.05) is 7.05 Å². The normalized spacial score (nSPS) is 11.8. The fraction of sp³-hybridized carbons (Fsp3) is 0.222. The Balaban J connectivity index is 3.29. The second kappa shape index (κ2) is 4.86. The molecule has 1 rings (SSSR count). The smallest absolute Gasteiger partial charge is 0.246 e. The highest BCUT2D eigenvalue weighted by atomic mass is 32.2. The summed E-state index contributed by atoms with van der Waals surface area (Å²) >= 11 is 0. The monoisotopic (exact) mass is 279 g/mol. The first-order chi connectivity index (χ1) is 8.17. The molecule has 1 aromatic carbocycles. The summed E-state index contributed by atoms with van der Waals surface area (Å²) in [6.45, 7) is -0.626. The molecule has 0 aromatic heterocycles. The van der Waals surface area contributed by atoms with Crippen LogP contribution in [0, 0.1) is 11.6 Å². The number of carbonyl (C=O) groups is 1. The first-order valence-corrected chi connectivity index (χ1v) is 6.10. The zero-order valence-electron chi connectivity index (χ0n) is 9.35. The molecule has 0 unspecified atom stereocenters. The number of amides is 1. The van der Waals surface area contributed by atoms with Gasteiger partial charge in [0.25, 0.3) is 0 Å². The third-order valence-electron chi connectivity index (χ3n) is 2.16. The number of rotatable bonds is 4. The molecule has 0 fully saturated rings. The van der Waals surface area contributed by atoms with Gasteiger partial charge in [0.05, 0.1) is 6.54 Å². The Kier molecular flexibility index (Phi) is 3.87. The summed E-state index contributed by atoms with van der Waals surface area (Å²) < 4.78 is 50.7. The van der Waals surface area contributed by atoms with Crippen LogP contribution < -0.4 is 11.5 Å². The van der Waals surface area contributed by atoms with Crippen molar-refractivity contribution in [2.45, 2.75) is 4.90 Å². The van der Waals surface area contributed by atoms with E-state index in [1.807, 2.05) is 0 Å². The second-order valence-corrected chi connectivity index (χ2v) is 5.51. The van der Waals surface area contributed by atoms with Crippen LogP contribution in [-0.2, 0) is 14.8 Å². The molecular weight excluding hydrogens is 268 g/mol. The van der Waals surface area contributed by atoms with Gasteiger partial charge in [-0.1, -0.05) is 0 Å². The standard InChI is InChI=1S/C9H11F2N3O3S/c1-14(4-7(12)15)18(16,17)6-3-2-5(10)9(13)8(6)11/h2-3H,4,13H2,1H3,(H2,12,15). The Morgan fingerprint density at radius 1 is 1.39 bits per heavy atom. The molecule has 0 bridgehead atoms.